The van der Waals surface area contributed by atoms with Crippen LogP contribution in [-0.2, 0) is 4.79 Å². The largest absolute Gasteiger partial charge is 0.493 e. The summed E-state index contributed by atoms with van der Waals surface area (Å²) in [5.41, 5.74) is 0. The van der Waals surface area contributed by atoms with Gasteiger partial charge in [-0.15, -0.1) is 0 Å². The van der Waals surface area contributed by atoms with E-state index < -0.39 is 0 Å². The first kappa shape index (κ1) is 9.96. The van der Waals surface area contributed by atoms with Gasteiger partial charge in [0.25, 0.3) is 0 Å². The number of carbonyl (C=O) groups excluding carboxylic acids is 1. The first-order chi connectivity index (χ1) is 7.31. The van der Waals surface area contributed by atoms with Gasteiger partial charge in [-0.3, -0.25) is 4.79 Å². The Morgan fingerprint density at radius 2 is 2.40 bits per heavy atom. The molecule has 0 aliphatic heterocycles. The molecule has 0 atom stereocenters. The summed E-state index contributed by atoms with van der Waals surface area (Å²) in [5.74, 6) is 1.33. The first-order valence-corrected chi connectivity index (χ1v) is 5.11. The van der Waals surface area contributed by atoms with Gasteiger partial charge >= 0.3 is 0 Å². The molecule has 0 bridgehead atoms. The number of anilines is 1. The second-order valence-electron chi connectivity index (χ2n) is 3.67. The Kier molecular flexibility index (Phi) is 2.85. The molecule has 0 radical (unpaired) electrons. The summed E-state index contributed by atoms with van der Waals surface area (Å²) in [5, 5.41) is 2.79. The maximum atomic E-state index is 11.7. The topological polar surface area (TPSA) is 51.2 Å². The first-order valence-electron chi connectivity index (χ1n) is 5.11. The standard InChI is InChI=1S/C11H14N2O2/c1-15-9-6-3-7-12-10(9)13-11(14)8-4-2-5-8/h3,6-8H,2,4-5H2,1H3,(H,12,13,14). The van der Waals surface area contributed by atoms with Crippen molar-refractivity contribution in [2.24, 2.45) is 5.92 Å². The SMILES string of the molecule is COc1cccnc1NC(=O)C1CCC1. The van der Waals surface area contributed by atoms with Crippen molar-refractivity contribution in [1.82, 2.24) is 4.98 Å². The Hall–Kier alpha value is -1.58. The summed E-state index contributed by atoms with van der Waals surface area (Å²) in [4.78, 5) is 15.7. The zero-order chi connectivity index (χ0) is 10.7. The van der Waals surface area contributed by atoms with E-state index in [1.165, 1.54) is 0 Å². The molecular formula is C11H14N2O2. The van der Waals surface area contributed by atoms with E-state index >= 15 is 0 Å². The van der Waals surface area contributed by atoms with E-state index in [0.29, 0.717) is 11.6 Å². The molecule has 4 nitrogen and oxygen atoms in total. The summed E-state index contributed by atoms with van der Waals surface area (Å²) in [6.45, 7) is 0. The Balaban J connectivity index is 2.05. The molecule has 1 fully saturated rings. The van der Waals surface area contributed by atoms with Crippen LogP contribution in [0.15, 0.2) is 18.3 Å². The third-order valence-electron chi connectivity index (χ3n) is 2.71. The highest BCUT2D eigenvalue weighted by Crippen LogP contribution is 2.28. The fraction of sp³-hybridized carbons (Fsp3) is 0.455. The van der Waals surface area contributed by atoms with Crippen molar-refractivity contribution in [2.75, 3.05) is 12.4 Å². The van der Waals surface area contributed by atoms with Gasteiger partial charge in [0.1, 0.15) is 0 Å². The number of nitrogens with zero attached hydrogens (tertiary/aromatic N) is 1. The maximum Gasteiger partial charge on any atom is 0.228 e. The lowest BCUT2D eigenvalue weighted by Crippen LogP contribution is -2.28. The Morgan fingerprint density at radius 3 is 3.00 bits per heavy atom. The van der Waals surface area contributed by atoms with Crippen molar-refractivity contribution in [3.05, 3.63) is 18.3 Å². The quantitative estimate of drug-likeness (QED) is 0.820. The molecule has 15 heavy (non-hydrogen) atoms. The van der Waals surface area contributed by atoms with Crippen LogP contribution in [0.5, 0.6) is 5.75 Å². The minimum Gasteiger partial charge on any atom is -0.493 e. The van der Waals surface area contributed by atoms with Gasteiger partial charge in [-0.2, -0.15) is 0 Å². The number of amides is 1. The normalized spacial score (nSPS) is 15.5. The summed E-state index contributed by atoms with van der Waals surface area (Å²) in [6, 6.07) is 3.56. The summed E-state index contributed by atoms with van der Waals surface area (Å²) >= 11 is 0. The minimum atomic E-state index is 0.0539. The van der Waals surface area contributed by atoms with Crippen LogP contribution in [0, 0.1) is 5.92 Å². The zero-order valence-electron chi connectivity index (χ0n) is 8.69. The maximum absolute atomic E-state index is 11.7. The third kappa shape index (κ3) is 2.09. The van der Waals surface area contributed by atoms with Crippen LogP contribution in [0.25, 0.3) is 0 Å². The molecule has 0 spiro atoms. The molecule has 1 aliphatic rings. The van der Waals surface area contributed by atoms with E-state index in [9.17, 15) is 4.79 Å². The minimum absolute atomic E-state index is 0.0539. The van der Waals surface area contributed by atoms with Crippen LogP contribution in [0.1, 0.15) is 19.3 Å². The fourth-order valence-corrected chi connectivity index (χ4v) is 1.54. The Morgan fingerprint density at radius 1 is 1.60 bits per heavy atom. The van der Waals surface area contributed by atoms with Crippen LogP contribution in [0.3, 0.4) is 0 Å². The van der Waals surface area contributed by atoms with Gasteiger partial charge in [0, 0.05) is 12.1 Å². The lowest BCUT2D eigenvalue weighted by molar-refractivity contribution is -0.122. The van der Waals surface area contributed by atoms with Gasteiger partial charge in [0.2, 0.25) is 5.91 Å². The predicted octanol–water partition coefficient (Wildman–Crippen LogP) is 1.83. The van der Waals surface area contributed by atoms with Gasteiger partial charge in [-0.05, 0) is 25.0 Å². The monoisotopic (exact) mass is 206 g/mol. The lowest BCUT2D eigenvalue weighted by Gasteiger charge is -2.24. The average molecular weight is 206 g/mol. The molecule has 1 aromatic heterocycles. The molecule has 2 rings (SSSR count). The van der Waals surface area contributed by atoms with E-state index in [4.69, 9.17) is 4.74 Å². The summed E-state index contributed by atoms with van der Waals surface area (Å²) in [6.07, 6.45) is 4.76. The molecule has 1 heterocycles. The van der Waals surface area contributed by atoms with E-state index in [2.05, 4.69) is 10.3 Å². The van der Waals surface area contributed by atoms with Crippen molar-refractivity contribution in [2.45, 2.75) is 19.3 Å². The van der Waals surface area contributed by atoms with E-state index in [-0.39, 0.29) is 11.8 Å². The van der Waals surface area contributed by atoms with Gasteiger partial charge in [-0.1, -0.05) is 6.42 Å². The molecule has 0 aromatic carbocycles. The second kappa shape index (κ2) is 4.29. The number of nitrogens with one attached hydrogen (secondary N) is 1. The zero-order valence-corrected chi connectivity index (χ0v) is 8.69. The highest BCUT2D eigenvalue weighted by atomic mass is 16.5. The lowest BCUT2D eigenvalue weighted by atomic mass is 9.85. The molecule has 4 heteroatoms. The number of methoxy groups -OCH3 is 1. The van der Waals surface area contributed by atoms with E-state index in [1.54, 1.807) is 25.4 Å². The molecule has 0 saturated heterocycles. The third-order valence-corrected chi connectivity index (χ3v) is 2.71. The van der Waals surface area contributed by atoms with Crippen molar-refractivity contribution >= 4 is 11.7 Å². The van der Waals surface area contributed by atoms with Crippen LogP contribution >= 0.6 is 0 Å². The molecule has 1 saturated carbocycles. The number of hydrogen-bond donors (Lipinski definition) is 1. The van der Waals surface area contributed by atoms with E-state index in [0.717, 1.165) is 19.3 Å². The number of carbonyl (C=O) groups is 1. The van der Waals surface area contributed by atoms with Gasteiger partial charge < -0.3 is 10.1 Å². The smallest absolute Gasteiger partial charge is 0.228 e. The van der Waals surface area contributed by atoms with Gasteiger partial charge in [0.05, 0.1) is 7.11 Å². The van der Waals surface area contributed by atoms with Crippen LogP contribution in [-0.4, -0.2) is 18.0 Å². The average Bonchev–Trinajstić information content (AvgIpc) is 2.15. The molecule has 1 N–H and O–H groups in total. The van der Waals surface area contributed by atoms with Crippen LogP contribution in [0.2, 0.25) is 0 Å². The summed E-state index contributed by atoms with van der Waals surface area (Å²) in [7, 11) is 1.57. The molecule has 1 amide bonds. The fourth-order valence-electron chi connectivity index (χ4n) is 1.54. The van der Waals surface area contributed by atoms with Crippen molar-refractivity contribution < 1.29 is 9.53 Å². The Labute approximate surface area is 88.7 Å². The number of hydrogen-bond acceptors (Lipinski definition) is 3. The molecule has 80 valence electrons. The van der Waals surface area contributed by atoms with Crippen LogP contribution in [0.4, 0.5) is 5.82 Å². The molecule has 1 aliphatic carbocycles. The number of ether oxygens (including phenoxy) is 1. The van der Waals surface area contributed by atoms with Crippen molar-refractivity contribution in [3.8, 4) is 5.75 Å². The molecular weight excluding hydrogens is 192 g/mol. The van der Waals surface area contributed by atoms with Gasteiger partial charge in [0.15, 0.2) is 11.6 Å². The highest BCUT2D eigenvalue weighted by molar-refractivity contribution is 5.93. The van der Waals surface area contributed by atoms with E-state index in [1.807, 2.05) is 0 Å². The second-order valence-corrected chi connectivity index (χ2v) is 3.67. The molecule has 1 aromatic rings. The number of rotatable bonds is 3. The Bertz CT molecular complexity index is 361. The summed E-state index contributed by atoms with van der Waals surface area (Å²) < 4.78 is 5.10. The molecule has 0 unspecified atom stereocenters. The highest BCUT2D eigenvalue weighted by Gasteiger charge is 2.25. The van der Waals surface area contributed by atoms with Crippen molar-refractivity contribution in [1.29, 1.82) is 0 Å². The number of pyridine rings is 1. The number of aromatic nitrogens is 1. The van der Waals surface area contributed by atoms with Crippen LogP contribution < -0.4 is 10.1 Å². The predicted molar refractivity (Wildman–Crippen MR) is 56.8 cm³/mol. The van der Waals surface area contributed by atoms with Crippen molar-refractivity contribution in [3.63, 3.8) is 0 Å². The van der Waals surface area contributed by atoms with Gasteiger partial charge in [-0.25, -0.2) is 4.98 Å².